The van der Waals surface area contributed by atoms with Gasteiger partial charge < -0.3 is 20.6 Å². The van der Waals surface area contributed by atoms with Gasteiger partial charge in [-0.3, -0.25) is 14.4 Å². The van der Waals surface area contributed by atoms with Gasteiger partial charge in [0.05, 0.1) is 3.58 Å². The Morgan fingerprint density at radius 3 is 2.31 bits per heavy atom. The smallest absolute Gasteiger partial charge is 0.355 e. The third-order valence-electron chi connectivity index (χ3n) is 5.42. The number of allylic oxidation sites excluding steroid dienone is 4. The van der Waals surface area contributed by atoms with Gasteiger partial charge in [-0.05, 0) is 86.5 Å². The second kappa shape index (κ2) is 19.0. The lowest BCUT2D eigenvalue weighted by Gasteiger charge is -2.21. The molecule has 1 fully saturated rings. The molecule has 0 aromatic rings. The zero-order chi connectivity index (χ0) is 27.7. The number of aliphatic hydroxyl groups is 1. The quantitative estimate of drug-likeness (QED) is 0.0841. The van der Waals surface area contributed by atoms with Gasteiger partial charge in [0, 0.05) is 25.7 Å². The Hall–Kier alpha value is -2.21. The van der Waals surface area contributed by atoms with Crippen molar-refractivity contribution in [3.05, 3.63) is 32.6 Å². The lowest BCUT2D eigenvalue weighted by molar-refractivity contribution is -0.199. The maximum Gasteiger partial charge on any atom is 0.355 e. The average Bonchev–Trinajstić information content (AvgIpc) is 3.19. The first kappa shape index (κ1) is 33.8. The Kier molecular flexibility index (Phi) is 17.8. The van der Waals surface area contributed by atoms with Crippen LogP contribution in [0.1, 0.15) is 86.0 Å². The highest BCUT2D eigenvalue weighted by molar-refractivity contribution is 14.1. The Balaban J connectivity index is 0.00000596. The van der Waals surface area contributed by atoms with E-state index in [-0.39, 0.29) is 37.3 Å². The summed E-state index contributed by atoms with van der Waals surface area (Å²) in [6.07, 6.45) is 6.94. The number of halogens is 1. The largest absolute Gasteiger partial charge is 0.507 e. The van der Waals surface area contributed by atoms with Gasteiger partial charge in [0.15, 0.2) is 0 Å². The van der Waals surface area contributed by atoms with Crippen LogP contribution in [0.2, 0.25) is 0 Å². The number of nitrogens with zero attached hydrogens (tertiary/aromatic N) is 1. The molecule has 0 radical (unpaired) electrons. The summed E-state index contributed by atoms with van der Waals surface area (Å²) in [6.45, 7) is 10.4. The van der Waals surface area contributed by atoms with Crippen molar-refractivity contribution < 1.29 is 29.1 Å². The Morgan fingerprint density at radius 2 is 1.78 bits per heavy atom. The Bertz CT molecular complexity index is 835. The van der Waals surface area contributed by atoms with E-state index in [0.29, 0.717) is 27.1 Å². The molecule has 0 bridgehead atoms. The summed E-state index contributed by atoms with van der Waals surface area (Å²) in [5.41, 5.74) is 1.50. The van der Waals surface area contributed by atoms with Crippen molar-refractivity contribution in [2.24, 2.45) is 0 Å². The molecule has 3 N–H and O–H groups in total. The first-order valence-corrected chi connectivity index (χ1v) is 13.6. The number of hydroxylamine groups is 2. The van der Waals surface area contributed by atoms with Crippen LogP contribution in [-0.2, 0) is 24.0 Å². The van der Waals surface area contributed by atoms with Gasteiger partial charge in [-0.15, -0.1) is 5.06 Å². The normalized spacial score (nSPS) is 15.7. The van der Waals surface area contributed by atoms with E-state index in [0.717, 1.165) is 25.0 Å². The highest BCUT2D eigenvalue weighted by Crippen LogP contribution is 2.24. The molecule has 9 nitrogen and oxygen atoms in total. The third kappa shape index (κ3) is 12.2. The Labute approximate surface area is 228 Å². The molecule has 0 aromatic heterocycles. The lowest BCUT2D eigenvalue weighted by atomic mass is 10.0. The van der Waals surface area contributed by atoms with Crippen molar-refractivity contribution in [1.29, 1.82) is 0 Å². The monoisotopic (exact) mass is 619 g/mol. The van der Waals surface area contributed by atoms with Crippen LogP contribution in [0, 0.1) is 0 Å². The van der Waals surface area contributed by atoms with E-state index in [1.165, 1.54) is 0 Å². The van der Waals surface area contributed by atoms with E-state index in [1.54, 1.807) is 19.1 Å². The number of imide groups is 1. The van der Waals surface area contributed by atoms with Crippen LogP contribution in [0.3, 0.4) is 0 Å². The summed E-state index contributed by atoms with van der Waals surface area (Å²) in [5.74, 6) is -2.21. The van der Waals surface area contributed by atoms with Crippen molar-refractivity contribution >= 4 is 46.3 Å². The summed E-state index contributed by atoms with van der Waals surface area (Å²) < 4.78 is 0.595. The topological polar surface area (TPSA) is 125 Å². The molecule has 3 amide bonds. The number of rotatable bonds is 14. The fourth-order valence-corrected chi connectivity index (χ4v) is 3.99. The van der Waals surface area contributed by atoms with Gasteiger partial charge in [0.25, 0.3) is 11.8 Å². The molecule has 10 heteroatoms. The van der Waals surface area contributed by atoms with Gasteiger partial charge in [-0.2, -0.15) is 0 Å². The average molecular weight is 620 g/mol. The number of unbranched alkanes of at least 4 members (excludes halogenated alkanes) is 2. The highest BCUT2D eigenvalue weighted by Gasteiger charge is 2.35. The van der Waals surface area contributed by atoms with E-state index < -0.39 is 23.8 Å². The number of hydrogen-bond acceptors (Lipinski definition) is 7. The molecule has 1 heterocycles. The first-order valence-electron chi connectivity index (χ1n) is 12.6. The molecule has 0 spiro atoms. The van der Waals surface area contributed by atoms with Crippen LogP contribution < -0.4 is 10.6 Å². The number of hydrogen-bond donors (Lipinski definition) is 3. The predicted molar refractivity (Wildman–Crippen MR) is 149 cm³/mol. The van der Waals surface area contributed by atoms with Crippen LogP contribution in [0.25, 0.3) is 0 Å². The molecule has 1 rings (SSSR count). The second-order valence-corrected chi connectivity index (χ2v) is 9.23. The predicted octanol–water partition coefficient (Wildman–Crippen LogP) is 4.78. The minimum absolute atomic E-state index is 0.0147. The molecule has 0 saturated carbocycles. The van der Waals surface area contributed by atoms with E-state index in [4.69, 9.17) is 4.84 Å². The van der Waals surface area contributed by atoms with Crippen LogP contribution in [0.5, 0.6) is 0 Å². The number of aliphatic hydroxyl groups excluding tert-OH is 1. The van der Waals surface area contributed by atoms with Crippen molar-refractivity contribution in [2.75, 3.05) is 13.6 Å². The third-order valence-corrected chi connectivity index (χ3v) is 6.24. The summed E-state index contributed by atoms with van der Waals surface area (Å²) in [7, 11) is 1.87. The number of amides is 3. The molecular weight excluding hydrogens is 577 g/mol. The van der Waals surface area contributed by atoms with E-state index in [9.17, 15) is 24.3 Å². The van der Waals surface area contributed by atoms with Gasteiger partial charge in [-0.1, -0.05) is 33.3 Å². The molecule has 0 aromatic carbocycles. The minimum Gasteiger partial charge on any atom is -0.507 e. The Morgan fingerprint density at radius 1 is 1.17 bits per heavy atom. The first-order chi connectivity index (χ1) is 17.1. The molecule has 204 valence electrons. The summed E-state index contributed by atoms with van der Waals surface area (Å²) >= 11 is 2.02. The molecule has 1 saturated heterocycles. The van der Waals surface area contributed by atoms with E-state index in [2.05, 4.69) is 10.6 Å². The van der Waals surface area contributed by atoms with Gasteiger partial charge in [0.2, 0.25) is 5.91 Å². The van der Waals surface area contributed by atoms with Gasteiger partial charge >= 0.3 is 5.97 Å². The maximum absolute atomic E-state index is 12.9. The van der Waals surface area contributed by atoms with Crippen molar-refractivity contribution in [3.63, 3.8) is 0 Å². The van der Waals surface area contributed by atoms with Crippen molar-refractivity contribution in [2.45, 2.75) is 92.0 Å². The molecule has 1 aliphatic heterocycles. The number of carbonyl (C=O) groups excluding carboxylic acids is 4. The number of carbonyl (C=O) groups is 4. The summed E-state index contributed by atoms with van der Waals surface area (Å²) in [4.78, 5) is 54.2. The molecule has 36 heavy (non-hydrogen) atoms. The van der Waals surface area contributed by atoms with Crippen molar-refractivity contribution in [3.8, 4) is 0 Å². The highest BCUT2D eigenvalue weighted by atomic mass is 127. The number of nitrogens with one attached hydrogen (secondary N) is 2. The zero-order valence-electron chi connectivity index (χ0n) is 22.4. The van der Waals surface area contributed by atoms with Crippen LogP contribution in [0.4, 0.5) is 0 Å². The van der Waals surface area contributed by atoms with Crippen molar-refractivity contribution in [1.82, 2.24) is 15.7 Å². The van der Waals surface area contributed by atoms with E-state index >= 15 is 0 Å². The van der Waals surface area contributed by atoms with Gasteiger partial charge in [0.1, 0.15) is 11.8 Å². The fourth-order valence-electron chi connectivity index (χ4n) is 3.13. The van der Waals surface area contributed by atoms with E-state index in [1.807, 2.05) is 57.3 Å². The molecular formula is C26H42IN3O6. The summed E-state index contributed by atoms with van der Waals surface area (Å²) in [5, 5.41) is 16.6. The molecule has 1 atom stereocenters. The van der Waals surface area contributed by atoms with Gasteiger partial charge in [-0.25, -0.2) is 4.79 Å². The van der Waals surface area contributed by atoms with Crippen LogP contribution >= 0.6 is 22.6 Å². The zero-order valence-corrected chi connectivity index (χ0v) is 24.6. The van der Waals surface area contributed by atoms with Crippen LogP contribution in [0.15, 0.2) is 32.6 Å². The minimum atomic E-state index is -1.10. The standard InChI is InChI=1S/C24H36IN3O6.C2H6/c1-5-16(3)23(32)18(25)14-17(6-2)15-19(27-20(29)10-8-7-9-13-26-4)24(33)34-28-21(30)11-12-22(28)31;1-2/h6,14,19,26,32H,5,7-13,15H2,1-4H3,(H,27,29);1-2H3/b17-6+,18-14+,23-16+;. The van der Waals surface area contributed by atoms with Crippen LogP contribution in [-0.4, -0.2) is 53.5 Å². The summed E-state index contributed by atoms with van der Waals surface area (Å²) in [6, 6.07) is -1.10. The fraction of sp³-hybridized carbons (Fsp3) is 0.615. The molecule has 0 aliphatic carbocycles. The lowest BCUT2D eigenvalue weighted by Crippen LogP contribution is -2.45. The molecule has 1 unspecified atom stereocenters. The molecule has 1 aliphatic rings. The second-order valence-electron chi connectivity index (χ2n) is 8.07. The maximum atomic E-state index is 12.9. The SMILES string of the molecule is CC.C\C=C(/C=C(I)\C(O)=C(\C)CC)CC(NC(=O)CCCCCNC)C(=O)ON1C(=O)CCC1=O.